The van der Waals surface area contributed by atoms with Crippen molar-refractivity contribution >= 4 is 10.9 Å². The highest BCUT2D eigenvalue weighted by Crippen LogP contribution is 2.21. The van der Waals surface area contributed by atoms with Gasteiger partial charge in [-0.15, -0.1) is 6.58 Å². The summed E-state index contributed by atoms with van der Waals surface area (Å²) in [6, 6.07) is 8.47. The highest BCUT2D eigenvalue weighted by molar-refractivity contribution is 5.84. The zero-order chi connectivity index (χ0) is 11.4. The molecule has 0 bridgehead atoms. The summed E-state index contributed by atoms with van der Waals surface area (Å²) in [5.74, 6) is 0. The second-order valence-corrected chi connectivity index (χ2v) is 4.02. The molecule has 0 saturated heterocycles. The van der Waals surface area contributed by atoms with Gasteiger partial charge in [-0.05, 0) is 31.5 Å². The first-order valence-electron chi connectivity index (χ1n) is 5.70. The first-order valence-corrected chi connectivity index (χ1v) is 5.70. The fourth-order valence-corrected chi connectivity index (χ4v) is 2.07. The lowest BCUT2D eigenvalue weighted by Crippen LogP contribution is -2.16. The highest BCUT2D eigenvalue weighted by atomic mass is 14.8. The van der Waals surface area contributed by atoms with E-state index in [2.05, 4.69) is 48.1 Å². The molecule has 0 spiro atoms. The van der Waals surface area contributed by atoms with Gasteiger partial charge in [-0.2, -0.15) is 0 Å². The van der Waals surface area contributed by atoms with Crippen LogP contribution in [0.3, 0.4) is 0 Å². The van der Waals surface area contributed by atoms with Crippen LogP contribution in [-0.2, 0) is 6.42 Å². The number of hydrogen-bond donors (Lipinski definition) is 2. The molecule has 0 amide bonds. The van der Waals surface area contributed by atoms with Crippen LogP contribution in [0.15, 0.2) is 36.9 Å². The minimum absolute atomic E-state index is 0.876. The maximum absolute atomic E-state index is 3.69. The van der Waals surface area contributed by atoms with E-state index < -0.39 is 0 Å². The van der Waals surface area contributed by atoms with Gasteiger partial charge in [0.25, 0.3) is 0 Å². The number of aromatic nitrogens is 1. The molecule has 2 aromatic rings. The molecular weight excluding hydrogens is 196 g/mol. The largest absolute Gasteiger partial charge is 0.358 e. The number of aryl methyl sites for hydroxylation is 1. The Kier molecular flexibility index (Phi) is 3.42. The predicted molar refractivity (Wildman–Crippen MR) is 69.8 cm³/mol. The molecule has 1 aromatic heterocycles. The Hall–Kier alpha value is -1.54. The monoisotopic (exact) mass is 214 g/mol. The van der Waals surface area contributed by atoms with Crippen LogP contribution in [0, 0.1) is 6.92 Å². The quantitative estimate of drug-likeness (QED) is 0.581. The standard InChI is InChI=1S/C14H18N2/c1-3-9-15-10-8-12-11(2)16-14-7-5-4-6-13(12)14/h3-7,15-16H,1,8-10H2,2H3. The van der Waals surface area contributed by atoms with Crippen LogP contribution >= 0.6 is 0 Å². The van der Waals surface area contributed by atoms with E-state index in [9.17, 15) is 0 Å². The highest BCUT2D eigenvalue weighted by Gasteiger charge is 2.06. The van der Waals surface area contributed by atoms with Crippen molar-refractivity contribution in [1.29, 1.82) is 0 Å². The van der Waals surface area contributed by atoms with Crippen molar-refractivity contribution in [3.63, 3.8) is 0 Å². The molecule has 2 heteroatoms. The Morgan fingerprint density at radius 3 is 3.00 bits per heavy atom. The summed E-state index contributed by atoms with van der Waals surface area (Å²) in [6.45, 7) is 7.71. The summed E-state index contributed by atoms with van der Waals surface area (Å²) in [4.78, 5) is 3.42. The number of nitrogens with one attached hydrogen (secondary N) is 2. The number of rotatable bonds is 5. The van der Waals surface area contributed by atoms with E-state index in [0.29, 0.717) is 0 Å². The minimum Gasteiger partial charge on any atom is -0.358 e. The van der Waals surface area contributed by atoms with E-state index in [4.69, 9.17) is 0 Å². The van der Waals surface area contributed by atoms with Crippen LogP contribution in [-0.4, -0.2) is 18.1 Å². The number of aromatic amines is 1. The zero-order valence-electron chi connectivity index (χ0n) is 9.72. The summed E-state index contributed by atoms with van der Waals surface area (Å²) < 4.78 is 0. The van der Waals surface area contributed by atoms with E-state index >= 15 is 0 Å². The Morgan fingerprint density at radius 1 is 1.38 bits per heavy atom. The molecule has 0 fully saturated rings. The lowest BCUT2D eigenvalue weighted by Gasteiger charge is -2.02. The normalized spacial score (nSPS) is 10.8. The van der Waals surface area contributed by atoms with Crippen LogP contribution in [0.2, 0.25) is 0 Å². The number of hydrogen-bond acceptors (Lipinski definition) is 1. The Balaban J connectivity index is 2.16. The number of para-hydroxylation sites is 1. The summed E-state index contributed by atoms with van der Waals surface area (Å²) in [5, 5.41) is 4.68. The summed E-state index contributed by atoms with van der Waals surface area (Å²) in [5.41, 5.74) is 3.94. The molecule has 1 heterocycles. The van der Waals surface area contributed by atoms with E-state index in [1.54, 1.807) is 0 Å². The van der Waals surface area contributed by atoms with Crippen molar-refractivity contribution in [2.24, 2.45) is 0 Å². The Bertz CT molecular complexity index is 482. The summed E-state index contributed by atoms with van der Waals surface area (Å²) in [7, 11) is 0. The van der Waals surface area contributed by atoms with Crippen molar-refractivity contribution in [2.75, 3.05) is 13.1 Å². The molecule has 16 heavy (non-hydrogen) atoms. The number of fused-ring (bicyclic) bond motifs is 1. The molecule has 0 aliphatic carbocycles. The van der Waals surface area contributed by atoms with E-state index in [1.807, 2.05) is 6.08 Å². The van der Waals surface area contributed by atoms with E-state index in [0.717, 1.165) is 19.5 Å². The molecule has 0 unspecified atom stereocenters. The first-order chi connectivity index (χ1) is 7.83. The van der Waals surface area contributed by atoms with Crippen LogP contribution in [0.25, 0.3) is 10.9 Å². The number of H-pyrrole nitrogens is 1. The molecule has 2 rings (SSSR count). The Morgan fingerprint density at radius 2 is 2.19 bits per heavy atom. The second-order valence-electron chi connectivity index (χ2n) is 4.02. The smallest absolute Gasteiger partial charge is 0.0458 e. The first kappa shape index (κ1) is 11.0. The van der Waals surface area contributed by atoms with Crippen molar-refractivity contribution in [2.45, 2.75) is 13.3 Å². The number of benzene rings is 1. The average Bonchev–Trinajstić information content (AvgIpc) is 2.61. The molecule has 0 aliphatic heterocycles. The fourth-order valence-electron chi connectivity index (χ4n) is 2.07. The molecular formula is C14H18N2. The summed E-state index contributed by atoms with van der Waals surface area (Å²) in [6.07, 6.45) is 2.95. The van der Waals surface area contributed by atoms with Crippen molar-refractivity contribution < 1.29 is 0 Å². The van der Waals surface area contributed by atoms with Gasteiger partial charge in [0.15, 0.2) is 0 Å². The molecule has 0 radical (unpaired) electrons. The third kappa shape index (κ3) is 2.17. The molecule has 0 aliphatic rings. The van der Waals surface area contributed by atoms with Crippen molar-refractivity contribution in [3.8, 4) is 0 Å². The summed E-state index contributed by atoms with van der Waals surface area (Å²) >= 11 is 0. The second kappa shape index (κ2) is 4.99. The third-order valence-corrected chi connectivity index (χ3v) is 2.87. The van der Waals surface area contributed by atoms with E-state index in [-0.39, 0.29) is 0 Å². The van der Waals surface area contributed by atoms with Gasteiger partial charge in [-0.25, -0.2) is 0 Å². The minimum atomic E-state index is 0.876. The van der Waals surface area contributed by atoms with Crippen LogP contribution in [0.4, 0.5) is 0 Å². The topological polar surface area (TPSA) is 27.8 Å². The lowest BCUT2D eigenvalue weighted by atomic mass is 10.1. The molecule has 0 atom stereocenters. The van der Waals surface area contributed by atoms with Gasteiger partial charge in [0, 0.05) is 23.1 Å². The molecule has 0 saturated carbocycles. The molecule has 84 valence electrons. The van der Waals surface area contributed by atoms with Gasteiger partial charge < -0.3 is 10.3 Å². The average molecular weight is 214 g/mol. The van der Waals surface area contributed by atoms with Crippen LogP contribution < -0.4 is 5.32 Å². The fraction of sp³-hybridized carbons (Fsp3) is 0.286. The Labute approximate surface area is 96.4 Å². The van der Waals surface area contributed by atoms with Gasteiger partial charge in [0.05, 0.1) is 0 Å². The third-order valence-electron chi connectivity index (χ3n) is 2.87. The van der Waals surface area contributed by atoms with Gasteiger partial charge in [0.1, 0.15) is 0 Å². The van der Waals surface area contributed by atoms with Gasteiger partial charge in [-0.1, -0.05) is 24.3 Å². The van der Waals surface area contributed by atoms with Gasteiger partial charge >= 0.3 is 0 Å². The zero-order valence-corrected chi connectivity index (χ0v) is 9.72. The van der Waals surface area contributed by atoms with Crippen LogP contribution in [0.1, 0.15) is 11.3 Å². The lowest BCUT2D eigenvalue weighted by molar-refractivity contribution is 0.745. The molecule has 2 N–H and O–H groups in total. The maximum atomic E-state index is 3.69. The predicted octanol–water partition coefficient (Wildman–Crippen LogP) is 2.79. The van der Waals surface area contributed by atoms with Gasteiger partial charge in [-0.3, -0.25) is 0 Å². The van der Waals surface area contributed by atoms with Crippen molar-refractivity contribution in [1.82, 2.24) is 10.3 Å². The van der Waals surface area contributed by atoms with Gasteiger partial charge in [0.2, 0.25) is 0 Å². The molecule has 1 aromatic carbocycles. The van der Waals surface area contributed by atoms with E-state index in [1.165, 1.54) is 22.2 Å². The van der Waals surface area contributed by atoms with Crippen LogP contribution in [0.5, 0.6) is 0 Å². The SMILES string of the molecule is C=CCNCCc1c(C)[nH]c2ccccc12. The maximum Gasteiger partial charge on any atom is 0.0458 e. The van der Waals surface area contributed by atoms with Crippen molar-refractivity contribution in [3.05, 3.63) is 48.2 Å². The molecule has 2 nitrogen and oxygen atoms in total.